The molecular formula is C30H52O3. The number of carbonyl (C=O) groups is 1. The number of hydrogen-bond donors (Lipinski definition) is 0. The number of methoxy groups -OCH3 is 1. The molecule has 0 aromatic rings. The third-order valence-electron chi connectivity index (χ3n) is 9.89. The minimum atomic E-state index is -0.114. The van der Waals surface area contributed by atoms with Crippen molar-refractivity contribution in [2.24, 2.45) is 46.8 Å². The van der Waals surface area contributed by atoms with Crippen LogP contribution in [0.3, 0.4) is 0 Å². The summed E-state index contributed by atoms with van der Waals surface area (Å²) < 4.78 is 11.1. The summed E-state index contributed by atoms with van der Waals surface area (Å²) in [6.07, 6.45) is 17.9. The first-order valence-corrected chi connectivity index (χ1v) is 14.1. The second kappa shape index (κ2) is 12.2. The first-order chi connectivity index (χ1) is 15.8. The lowest BCUT2D eigenvalue weighted by Gasteiger charge is -2.51. The molecule has 3 heteroatoms. The molecule has 8 atom stereocenters. The molecule has 0 radical (unpaired) electrons. The Hall–Kier alpha value is -0.830. The van der Waals surface area contributed by atoms with Crippen LogP contribution < -0.4 is 0 Å². The van der Waals surface area contributed by atoms with Gasteiger partial charge in [0, 0.05) is 7.11 Å². The van der Waals surface area contributed by atoms with Crippen molar-refractivity contribution in [1.29, 1.82) is 0 Å². The molecule has 2 saturated carbocycles. The third-order valence-corrected chi connectivity index (χ3v) is 9.89. The molecule has 0 amide bonds. The number of carbonyl (C=O) groups excluding carboxylic acids is 1. The molecule has 1 aliphatic heterocycles. The standard InChI is InChI=1S/C30H52O3/c1-21(2)10-9-11-23(4)27-15-16-28-26-12-7-8-19-33-29(31)20-24(32-6)14-13-22(3)25(26)17-18-30(27,28)5/h7,12,21-28H,8-11,13-20H2,1-6H3/b12-7+/t22?,23-,24+,25-,26-,27-,28+,30-/m1/s1. The summed E-state index contributed by atoms with van der Waals surface area (Å²) in [6, 6.07) is 0. The van der Waals surface area contributed by atoms with Crippen LogP contribution in [0.1, 0.15) is 105 Å². The van der Waals surface area contributed by atoms with Crippen LogP contribution in [0.25, 0.3) is 0 Å². The molecule has 0 aromatic carbocycles. The highest BCUT2D eigenvalue weighted by Gasteiger charge is 2.54. The van der Waals surface area contributed by atoms with Crippen molar-refractivity contribution in [2.75, 3.05) is 13.7 Å². The fourth-order valence-electron chi connectivity index (χ4n) is 7.89. The molecule has 0 saturated heterocycles. The molecule has 0 bridgehead atoms. The van der Waals surface area contributed by atoms with E-state index in [1.54, 1.807) is 7.11 Å². The van der Waals surface area contributed by atoms with Crippen LogP contribution in [0, 0.1) is 46.8 Å². The van der Waals surface area contributed by atoms with E-state index in [0.29, 0.717) is 30.3 Å². The highest BCUT2D eigenvalue weighted by Crippen LogP contribution is 2.62. The van der Waals surface area contributed by atoms with Gasteiger partial charge >= 0.3 is 5.97 Å². The predicted octanol–water partition coefficient (Wildman–Crippen LogP) is 7.83. The van der Waals surface area contributed by atoms with E-state index in [2.05, 4.69) is 46.8 Å². The van der Waals surface area contributed by atoms with Gasteiger partial charge in [0.2, 0.25) is 0 Å². The van der Waals surface area contributed by atoms with Gasteiger partial charge in [-0.2, -0.15) is 0 Å². The van der Waals surface area contributed by atoms with E-state index in [-0.39, 0.29) is 12.1 Å². The van der Waals surface area contributed by atoms with Crippen LogP contribution >= 0.6 is 0 Å². The van der Waals surface area contributed by atoms with Gasteiger partial charge < -0.3 is 9.47 Å². The summed E-state index contributed by atoms with van der Waals surface area (Å²) in [5, 5.41) is 0. The van der Waals surface area contributed by atoms with E-state index in [0.717, 1.165) is 48.9 Å². The van der Waals surface area contributed by atoms with E-state index in [1.165, 1.54) is 44.9 Å². The lowest BCUT2D eigenvalue weighted by molar-refractivity contribution is -0.146. The number of allylic oxidation sites excluding steroid dienone is 1. The van der Waals surface area contributed by atoms with Crippen LogP contribution in [-0.4, -0.2) is 25.8 Å². The van der Waals surface area contributed by atoms with Gasteiger partial charge in [-0.1, -0.05) is 66.0 Å². The molecular weight excluding hydrogens is 408 g/mol. The Kier molecular flexibility index (Phi) is 9.92. The summed E-state index contributed by atoms with van der Waals surface area (Å²) in [5.74, 6) is 5.32. The smallest absolute Gasteiger partial charge is 0.308 e. The quantitative estimate of drug-likeness (QED) is 0.299. The van der Waals surface area contributed by atoms with E-state index >= 15 is 0 Å². The van der Waals surface area contributed by atoms with Crippen molar-refractivity contribution >= 4 is 5.97 Å². The zero-order chi connectivity index (χ0) is 24.0. The van der Waals surface area contributed by atoms with Crippen molar-refractivity contribution in [3.05, 3.63) is 12.2 Å². The lowest BCUT2D eigenvalue weighted by atomic mass is 9.54. The number of cyclic esters (lactones) is 1. The predicted molar refractivity (Wildman–Crippen MR) is 137 cm³/mol. The zero-order valence-corrected chi connectivity index (χ0v) is 22.5. The fraction of sp³-hybridized carbons (Fsp3) is 0.900. The fourth-order valence-corrected chi connectivity index (χ4v) is 7.89. The molecule has 33 heavy (non-hydrogen) atoms. The number of rotatable bonds is 6. The largest absolute Gasteiger partial charge is 0.465 e. The lowest BCUT2D eigenvalue weighted by Crippen LogP contribution is -2.44. The van der Waals surface area contributed by atoms with E-state index in [4.69, 9.17) is 9.47 Å². The normalized spacial score (nSPS) is 40.0. The van der Waals surface area contributed by atoms with Crippen LogP contribution in [0.5, 0.6) is 0 Å². The Balaban J connectivity index is 1.74. The van der Waals surface area contributed by atoms with Crippen molar-refractivity contribution in [3.8, 4) is 0 Å². The highest BCUT2D eigenvalue weighted by atomic mass is 16.5. The molecule has 1 heterocycles. The van der Waals surface area contributed by atoms with Gasteiger partial charge in [0.25, 0.3) is 0 Å². The molecule has 2 fully saturated rings. The van der Waals surface area contributed by atoms with Gasteiger partial charge in [0.05, 0.1) is 19.1 Å². The Morgan fingerprint density at radius 2 is 1.91 bits per heavy atom. The van der Waals surface area contributed by atoms with E-state index in [1.807, 2.05) is 0 Å². The molecule has 3 nitrogen and oxygen atoms in total. The van der Waals surface area contributed by atoms with Crippen LogP contribution in [0.2, 0.25) is 0 Å². The summed E-state index contributed by atoms with van der Waals surface area (Å²) in [4.78, 5) is 12.2. The molecule has 0 spiro atoms. The van der Waals surface area contributed by atoms with Crippen LogP contribution in [-0.2, 0) is 14.3 Å². The molecule has 1 unspecified atom stereocenters. The van der Waals surface area contributed by atoms with Gasteiger partial charge in [0.1, 0.15) is 0 Å². The first kappa shape index (κ1) is 26.8. The van der Waals surface area contributed by atoms with Gasteiger partial charge in [0.15, 0.2) is 0 Å². The second-order valence-electron chi connectivity index (χ2n) is 12.4. The third kappa shape index (κ3) is 6.65. The number of ether oxygens (including phenoxy) is 2. The molecule has 3 aliphatic rings. The van der Waals surface area contributed by atoms with E-state index < -0.39 is 0 Å². The molecule has 0 N–H and O–H groups in total. The zero-order valence-electron chi connectivity index (χ0n) is 22.5. The topological polar surface area (TPSA) is 35.5 Å². The van der Waals surface area contributed by atoms with Gasteiger partial charge in [-0.3, -0.25) is 4.79 Å². The number of esters is 1. The summed E-state index contributed by atoms with van der Waals surface area (Å²) in [6.45, 7) is 12.9. The Labute approximate surface area is 204 Å². The minimum absolute atomic E-state index is 0.0106. The van der Waals surface area contributed by atoms with Gasteiger partial charge in [-0.15, -0.1) is 0 Å². The number of fused-ring (bicyclic) bond motifs is 3. The minimum Gasteiger partial charge on any atom is -0.465 e. The van der Waals surface area contributed by atoms with Crippen LogP contribution in [0.15, 0.2) is 12.2 Å². The monoisotopic (exact) mass is 460 g/mol. The molecule has 3 rings (SSSR count). The van der Waals surface area contributed by atoms with Crippen molar-refractivity contribution in [2.45, 2.75) is 111 Å². The highest BCUT2D eigenvalue weighted by molar-refractivity contribution is 5.69. The van der Waals surface area contributed by atoms with Crippen LogP contribution in [0.4, 0.5) is 0 Å². The van der Waals surface area contributed by atoms with Crippen molar-refractivity contribution in [3.63, 3.8) is 0 Å². The maximum Gasteiger partial charge on any atom is 0.308 e. The average molecular weight is 461 g/mol. The van der Waals surface area contributed by atoms with Crippen molar-refractivity contribution in [1.82, 2.24) is 0 Å². The molecule has 190 valence electrons. The Morgan fingerprint density at radius 3 is 2.64 bits per heavy atom. The maximum absolute atomic E-state index is 12.2. The van der Waals surface area contributed by atoms with Crippen molar-refractivity contribution < 1.29 is 14.3 Å². The summed E-state index contributed by atoms with van der Waals surface area (Å²) in [5.41, 5.74) is 0.484. The first-order valence-electron chi connectivity index (χ1n) is 14.1. The Bertz CT molecular complexity index is 640. The van der Waals surface area contributed by atoms with E-state index in [9.17, 15) is 4.79 Å². The van der Waals surface area contributed by atoms with Gasteiger partial charge in [-0.05, 0) is 91.8 Å². The second-order valence-corrected chi connectivity index (χ2v) is 12.4. The summed E-state index contributed by atoms with van der Waals surface area (Å²) in [7, 11) is 1.73. The number of hydrogen-bond acceptors (Lipinski definition) is 3. The van der Waals surface area contributed by atoms with Gasteiger partial charge in [-0.25, -0.2) is 0 Å². The average Bonchev–Trinajstić information content (AvgIpc) is 3.12. The Morgan fingerprint density at radius 1 is 1.12 bits per heavy atom. The summed E-state index contributed by atoms with van der Waals surface area (Å²) >= 11 is 0. The molecule has 0 aromatic heterocycles. The molecule has 2 aliphatic carbocycles. The SMILES string of the molecule is CO[C@H]1CCC(C)[C@H]2CC[C@]3(C)[C@@H]([C@H](C)CCCC(C)C)CC[C@H]3[C@@H]2/C=C/CCOC(=O)C1. The maximum atomic E-state index is 12.2.